The number of ether oxygens (including phenoxy) is 1. The number of nitriles is 1. The van der Waals surface area contributed by atoms with Gasteiger partial charge in [0.2, 0.25) is 0 Å². The third kappa shape index (κ3) is 3.44. The van der Waals surface area contributed by atoms with Crippen molar-refractivity contribution in [1.29, 1.82) is 5.26 Å². The molecule has 0 saturated heterocycles. The molecule has 0 aliphatic carbocycles. The molecule has 0 radical (unpaired) electrons. The number of hydrogen-bond donors (Lipinski definition) is 1. The highest BCUT2D eigenvalue weighted by Gasteiger charge is 2.05. The smallest absolute Gasteiger partial charge is 0.143 e. The van der Waals surface area contributed by atoms with Gasteiger partial charge >= 0.3 is 0 Å². The van der Waals surface area contributed by atoms with E-state index >= 15 is 0 Å². The molecule has 0 unspecified atom stereocenters. The van der Waals surface area contributed by atoms with Gasteiger partial charge in [-0.15, -0.1) is 0 Å². The molecule has 0 atom stereocenters. The Bertz CT molecular complexity index is 667. The van der Waals surface area contributed by atoms with Crippen LogP contribution in [0.5, 0.6) is 5.75 Å². The first-order valence-corrected chi connectivity index (χ1v) is 7.07. The first-order valence-electron chi connectivity index (χ1n) is 5.90. The molecule has 1 N–H and O–H groups in total. The van der Waals surface area contributed by atoms with Gasteiger partial charge in [0.25, 0.3) is 0 Å². The average molecular weight is 352 g/mol. The summed E-state index contributed by atoms with van der Waals surface area (Å²) in [4.78, 5) is 0. The van der Waals surface area contributed by atoms with Gasteiger partial charge in [-0.2, -0.15) is 5.26 Å². The van der Waals surface area contributed by atoms with E-state index < -0.39 is 0 Å². The normalized spacial score (nSPS) is 9.90. The van der Waals surface area contributed by atoms with Crippen molar-refractivity contribution in [2.75, 3.05) is 12.4 Å². The largest absolute Gasteiger partial charge is 0.495 e. The molecule has 5 heteroatoms. The van der Waals surface area contributed by atoms with E-state index in [0.717, 1.165) is 15.7 Å². The van der Waals surface area contributed by atoms with E-state index in [4.69, 9.17) is 21.6 Å². The Hall–Kier alpha value is -1.70. The SMILES string of the molecule is COc1cc(C#N)ccc1NCc1ccc(Cl)c(Br)c1. The lowest BCUT2D eigenvalue weighted by atomic mass is 10.2. The van der Waals surface area contributed by atoms with E-state index in [1.807, 2.05) is 24.3 Å². The number of rotatable bonds is 4. The molecule has 0 heterocycles. The predicted octanol–water partition coefficient (Wildman–Crippen LogP) is 4.59. The second-order valence-electron chi connectivity index (χ2n) is 4.13. The van der Waals surface area contributed by atoms with Crippen molar-refractivity contribution in [3.63, 3.8) is 0 Å². The van der Waals surface area contributed by atoms with E-state index in [2.05, 4.69) is 27.3 Å². The maximum atomic E-state index is 8.87. The Labute approximate surface area is 131 Å². The van der Waals surface area contributed by atoms with Gasteiger partial charge in [0.15, 0.2) is 0 Å². The van der Waals surface area contributed by atoms with Gasteiger partial charge in [-0.1, -0.05) is 17.7 Å². The van der Waals surface area contributed by atoms with Gasteiger partial charge in [-0.05, 0) is 45.8 Å². The van der Waals surface area contributed by atoms with E-state index in [1.54, 1.807) is 19.2 Å². The van der Waals surface area contributed by atoms with Crippen LogP contribution in [0.2, 0.25) is 5.02 Å². The van der Waals surface area contributed by atoms with Crippen molar-refractivity contribution in [2.45, 2.75) is 6.54 Å². The fourth-order valence-electron chi connectivity index (χ4n) is 1.75. The van der Waals surface area contributed by atoms with Gasteiger partial charge in [0.05, 0.1) is 29.5 Å². The highest BCUT2D eigenvalue weighted by atomic mass is 79.9. The van der Waals surface area contributed by atoms with Crippen molar-refractivity contribution < 1.29 is 4.74 Å². The second kappa shape index (κ2) is 6.65. The van der Waals surface area contributed by atoms with E-state index in [9.17, 15) is 0 Å². The minimum Gasteiger partial charge on any atom is -0.495 e. The fourth-order valence-corrected chi connectivity index (χ4v) is 2.30. The molecule has 2 aromatic rings. The number of nitrogens with zero attached hydrogens (tertiary/aromatic N) is 1. The quantitative estimate of drug-likeness (QED) is 0.876. The number of hydrogen-bond acceptors (Lipinski definition) is 3. The third-order valence-electron chi connectivity index (χ3n) is 2.80. The van der Waals surface area contributed by atoms with Crippen LogP contribution >= 0.6 is 27.5 Å². The summed E-state index contributed by atoms with van der Waals surface area (Å²) in [5.41, 5.74) is 2.51. The number of methoxy groups -OCH3 is 1. The molecule has 2 aromatic carbocycles. The number of halogens is 2. The zero-order chi connectivity index (χ0) is 14.5. The summed E-state index contributed by atoms with van der Waals surface area (Å²) < 4.78 is 6.14. The Kier molecular flexibility index (Phi) is 4.89. The Balaban J connectivity index is 2.14. The maximum Gasteiger partial charge on any atom is 0.143 e. The fraction of sp³-hybridized carbons (Fsp3) is 0.133. The van der Waals surface area contributed by atoms with Gasteiger partial charge < -0.3 is 10.1 Å². The third-order valence-corrected chi connectivity index (χ3v) is 4.01. The molecule has 0 aromatic heterocycles. The average Bonchev–Trinajstić information content (AvgIpc) is 2.48. The molecule has 0 spiro atoms. The highest BCUT2D eigenvalue weighted by Crippen LogP contribution is 2.27. The predicted molar refractivity (Wildman–Crippen MR) is 84.2 cm³/mol. The van der Waals surface area contributed by atoms with Crippen LogP contribution < -0.4 is 10.1 Å². The number of anilines is 1. The van der Waals surface area contributed by atoms with Crippen LogP contribution in [0.15, 0.2) is 40.9 Å². The molecule has 0 bridgehead atoms. The molecule has 102 valence electrons. The Morgan fingerprint density at radius 3 is 2.75 bits per heavy atom. The first kappa shape index (κ1) is 14.7. The molecular formula is C15H12BrClN2O. The molecule has 0 fully saturated rings. The van der Waals surface area contributed by atoms with E-state index in [0.29, 0.717) is 22.9 Å². The zero-order valence-corrected chi connectivity index (χ0v) is 13.1. The summed E-state index contributed by atoms with van der Waals surface area (Å²) in [5, 5.41) is 12.8. The summed E-state index contributed by atoms with van der Waals surface area (Å²) in [7, 11) is 1.58. The molecule has 0 aliphatic heterocycles. The zero-order valence-electron chi connectivity index (χ0n) is 10.8. The van der Waals surface area contributed by atoms with Crippen LogP contribution in [-0.4, -0.2) is 7.11 Å². The maximum absolute atomic E-state index is 8.87. The van der Waals surface area contributed by atoms with Crippen molar-refractivity contribution in [2.24, 2.45) is 0 Å². The standard InChI is InChI=1S/C15H12BrClN2O/c1-20-15-7-10(8-18)3-5-14(15)19-9-11-2-4-13(17)12(16)6-11/h2-7,19H,9H2,1H3. The van der Waals surface area contributed by atoms with Crippen LogP contribution in [0.25, 0.3) is 0 Å². The first-order chi connectivity index (χ1) is 9.63. The van der Waals surface area contributed by atoms with Crippen molar-refractivity contribution in [3.05, 3.63) is 57.0 Å². The van der Waals surface area contributed by atoms with Crippen molar-refractivity contribution in [1.82, 2.24) is 0 Å². The summed E-state index contributed by atoms with van der Waals surface area (Å²) in [6, 6.07) is 13.1. The lowest BCUT2D eigenvalue weighted by Crippen LogP contribution is -2.01. The molecule has 20 heavy (non-hydrogen) atoms. The van der Waals surface area contributed by atoms with Gasteiger partial charge in [-0.25, -0.2) is 0 Å². The number of nitrogens with one attached hydrogen (secondary N) is 1. The van der Waals surface area contributed by atoms with Gasteiger partial charge in [-0.3, -0.25) is 0 Å². The minimum atomic E-state index is 0.571. The molecule has 3 nitrogen and oxygen atoms in total. The van der Waals surface area contributed by atoms with Crippen molar-refractivity contribution in [3.8, 4) is 11.8 Å². The molecule has 0 aliphatic rings. The lowest BCUT2D eigenvalue weighted by molar-refractivity contribution is 0.416. The second-order valence-corrected chi connectivity index (χ2v) is 5.39. The van der Waals surface area contributed by atoms with Crippen LogP contribution in [0, 0.1) is 11.3 Å². The highest BCUT2D eigenvalue weighted by molar-refractivity contribution is 9.10. The Morgan fingerprint density at radius 2 is 2.10 bits per heavy atom. The molecular weight excluding hydrogens is 340 g/mol. The molecule has 2 rings (SSSR count). The lowest BCUT2D eigenvalue weighted by Gasteiger charge is -2.12. The van der Waals surface area contributed by atoms with Crippen LogP contribution in [0.1, 0.15) is 11.1 Å². The minimum absolute atomic E-state index is 0.571. The topological polar surface area (TPSA) is 45.0 Å². The van der Waals surface area contributed by atoms with Crippen LogP contribution in [0.3, 0.4) is 0 Å². The van der Waals surface area contributed by atoms with E-state index in [-0.39, 0.29) is 0 Å². The van der Waals surface area contributed by atoms with E-state index in [1.165, 1.54) is 0 Å². The van der Waals surface area contributed by atoms with Crippen molar-refractivity contribution >= 4 is 33.2 Å². The summed E-state index contributed by atoms with van der Waals surface area (Å²) in [6.07, 6.45) is 0. The summed E-state index contributed by atoms with van der Waals surface area (Å²) in [5.74, 6) is 0.650. The molecule has 0 amide bonds. The van der Waals surface area contributed by atoms with Crippen LogP contribution in [-0.2, 0) is 6.54 Å². The number of benzene rings is 2. The van der Waals surface area contributed by atoms with Gasteiger partial charge in [0, 0.05) is 17.1 Å². The van der Waals surface area contributed by atoms with Crippen LogP contribution in [0.4, 0.5) is 5.69 Å². The molecule has 0 saturated carbocycles. The summed E-state index contributed by atoms with van der Waals surface area (Å²) in [6.45, 7) is 0.637. The van der Waals surface area contributed by atoms with Gasteiger partial charge in [0.1, 0.15) is 5.75 Å². The Morgan fingerprint density at radius 1 is 1.30 bits per heavy atom. The summed E-state index contributed by atoms with van der Waals surface area (Å²) >= 11 is 9.36. The monoisotopic (exact) mass is 350 g/mol.